The third-order valence-corrected chi connectivity index (χ3v) is 6.19. The van der Waals surface area contributed by atoms with E-state index >= 15 is 0 Å². The van der Waals surface area contributed by atoms with Crippen LogP contribution in [0.15, 0.2) is 42.7 Å². The topological polar surface area (TPSA) is 145 Å². The van der Waals surface area contributed by atoms with Crippen LogP contribution >= 0.6 is 0 Å². The zero-order chi connectivity index (χ0) is 35.3. The van der Waals surface area contributed by atoms with E-state index in [1.165, 1.54) is 30.6 Å². The Morgan fingerprint density at radius 3 is 1.78 bits per heavy atom. The highest BCUT2D eigenvalue weighted by atomic mass is 19.4. The smallest absolute Gasteiger partial charge is 0.475 e. The van der Waals surface area contributed by atoms with E-state index in [2.05, 4.69) is 51.4 Å². The molecule has 0 bridgehead atoms. The van der Waals surface area contributed by atoms with E-state index in [1.54, 1.807) is 0 Å². The molecule has 1 atom stereocenters. The summed E-state index contributed by atoms with van der Waals surface area (Å²) in [6, 6.07) is 10.8. The van der Waals surface area contributed by atoms with E-state index in [-0.39, 0.29) is 5.41 Å². The van der Waals surface area contributed by atoms with E-state index in [1.807, 2.05) is 17.9 Å². The Balaban J connectivity index is 0.000000413. The lowest BCUT2D eigenvalue weighted by molar-refractivity contribution is -0.193. The maximum absolute atomic E-state index is 10.6. The molecule has 1 spiro atoms. The minimum atomic E-state index is -5.08. The van der Waals surface area contributed by atoms with Crippen LogP contribution in [0.25, 0.3) is 0 Å². The van der Waals surface area contributed by atoms with E-state index in [4.69, 9.17) is 34.4 Å². The Hall–Kier alpha value is -4.07. The minimum absolute atomic E-state index is 0.229. The van der Waals surface area contributed by atoms with Gasteiger partial charge < -0.3 is 25.0 Å². The van der Waals surface area contributed by atoms with Crippen molar-refractivity contribution in [3.63, 3.8) is 0 Å². The number of aliphatic carboxylic acids is 3. The zero-order valence-electron chi connectivity index (χ0n) is 24.1. The number of ether oxygens (including phenoxy) is 1. The van der Waals surface area contributed by atoms with Crippen molar-refractivity contribution in [3.05, 3.63) is 48.3 Å². The van der Waals surface area contributed by atoms with Crippen LogP contribution in [0.3, 0.4) is 0 Å². The van der Waals surface area contributed by atoms with Gasteiger partial charge in [0.05, 0.1) is 19.4 Å². The summed E-state index contributed by atoms with van der Waals surface area (Å²) in [5.74, 6) is -8.27. The number of carboxylic acid groups (broad SMARTS) is 3. The van der Waals surface area contributed by atoms with Crippen LogP contribution in [0.1, 0.15) is 18.4 Å². The van der Waals surface area contributed by atoms with Gasteiger partial charge in [-0.2, -0.15) is 44.6 Å². The summed E-state index contributed by atoms with van der Waals surface area (Å²) in [6.45, 7) is 7.02. The van der Waals surface area contributed by atoms with Crippen molar-refractivity contribution >= 4 is 23.6 Å². The standard InChI is InChI=1S/C20H28N4O.3C2HF3O2/c1-22-13-18(12-21-22)14-23-9-5-8-20(15-23)16-24(10-11-25-17-20)19-6-3-2-4-7-19;3*3-2(4,5)1(6)7/h2-4,6-7,12-13H,5,8-11,14-17H2,1H3;3*(H,6,7). The number of hydrogen-bond donors (Lipinski definition) is 3. The van der Waals surface area contributed by atoms with Crippen LogP contribution < -0.4 is 4.90 Å². The van der Waals surface area contributed by atoms with Crippen molar-refractivity contribution in [1.29, 1.82) is 0 Å². The summed E-state index contributed by atoms with van der Waals surface area (Å²) in [6.07, 6.45) is -8.64. The largest absolute Gasteiger partial charge is 0.490 e. The molecule has 1 aromatic heterocycles. The molecule has 4 rings (SSSR count). The molecule has 20 heteroatoms. The average molecular weight is 683 g/mol. The van der Waals surface area contributed by atoms with E-state index in [0.717, 1.165) is 39.4 Å². The number of benzene rings is 1. The first-order valence-electron chi connectivity index (χ1n) is 13.0. The number of alkyl halides is 9. The summed E-state index contributed by atoms with van der Waals surface area (Å²) in [5, 5.41) is 25.7. The molecular weight excluding hydrogens is 651 g/mol. The van der Waals surface area contributed by atoms with Crippen LogP contribution in [0.2, 0.25) is 0 Å². The van der Waals surface area contributed by atoms with Gasteiger partial charge in [-0.05, 0) is 31.5 Å². The molecule has 2 aromatic rings. The second-order valence-corrected chi connectivity index (χ2v) is 10.1. The molecule has 2 aliphatic rings. The molecule has 11 nitrogen and oxygen atoms in total. The van der Waals surface area contributed by atoms with Gasteiger partial charge in [-0.15, -0.1) is 0 Å². The third-order valence-electron chi connectivity index (χ3n) is 6.19. The fourth-order valence-corrected chi connectivity index (χ4v) is 4.36. The average Bonchev–Trinajstić information content (AvgIpc) is 3.23. The van der Waals surface area contributed by atoms with E-state index in [9.17, 15) is 39.5 Å². The van der Waals surface area contributed by atoms with Gasteiger partial charge in [0.2, 0.25) is 0 Å². The number of likely N-dealkylation sites (tertiary alicyclic amines) is 1. The van der Waals surface area contributed by atoms with Gasteiger partial charge in [-0.3, -0.25) is 9.58 Å². The monoisotopic (exact) mass is 682 g/mol. The maximum atomic E-state index is 10.6. The highest BCUT2D eigenvalue weighted by Gasteiger charge is 2.40. The number of halogens is 9. The van der Waals surface area contributed by atoms with Crippen LogP contribution in [0.5, 0.6) is 0 Å². The normalized spacial score (nSPS) is 18.9. The first kappa shape index (κ1) is 40.0. The van der Waals surface area contributed by atoms with Crippen molar-refractivity contribution < 1.29 is 74.0 Å². The summed E-state index contributed by atoms with van der Waals surface area (Å²) in [5.41, 5.74) is 2.85. The highest BCUT2D eigenvalue weighted by Crippen LogP contribution is 2.35. The van der Waals surface area contributed by atoms with Crippen molar-refractivity contribution in [2.24, 2.45) is 12.5 Å². The quantitative estimate of drug-likeness (QED) is 0.398. The van der Waals surface area contributed by atoms with Gasteiger partial charge in [0.25, 0.3) is 0 Å². The van der Waals surface area contributed by atoms with E-state index in [0.29, 0.717) is 0 Å². The van der Waals surface area contributed by atoms with Gasteiger partial charge in [-0.1, -0.05) is 18.2 Å². The predicted molar refractivity (Wildman–Crippen MR) is 141 cm³/mol. The summed E-state index contributed by atoms with van der Waals surface area (Å²) >= 11 is 0. The van der Waals surface area contributed by atoms with E-state index < -0.39 is 36.4 Å². The lowest BCUT2D eigenvalue weighted by atomic mass is 9.80. The first-order chi connectivity index (χ1) is 21.1. The number of nitrogens with zero attached hydrogens (tertiary/aromatic N) is 4. The molecule has 3 heterocycles. The molecule has 1 aromatic carbocycles. The molecule has 3 N–H and O–H groups in total. The molecule has 0 saturated carbocycles. The number of aromatic nitrogens is 2. The number of aryl methyl sites for hydroxylation is 1. The number of carbonyl (C=O) groups is 3. The molecule has 2 aliphatic heterocycles. The van der Waals surface area contributed by atoms with Crippen LogP contribution in [-0.2, 0) is 32.7 Å². The van der Waals surface area contributed by atoms with Crippen LogP contribution in [0.4, 0.5) is 45.2 Å². The molecule has 1 unspecified atom stereocenters. The number of rotatable bonds is 3. The summed E-state index contributed by atoms with van der Waals surface area (Å²) in [4.78, 5) is 31.8. The van der Waals surface area contributed by atoms with Gasteiger partial charge >= 0.3 is 36.4 Å². The van der Waals surface area contributed by atoms with Gasteiger partial charge in [-0.25, -0.2) is 14.4 Å². The Morgan fingerprint density at radius 1 is 0.848 bits per heavy atom. The first-order valence-corrected chi connectivity index (χ1v) is 13.0. The molecule has 2 fully saturated rings. The fraction of sp³-hybridized carbons (Fsp3) is 0.538. The molecular formula is C26H31F9N4O7. The predicted octanol–water partition coefficient (Wildman–Crippen LogP) is 4.44. The number of piperidine rings is 1. The number of hydrogen-bond acceptors (Lipinski definition) is 7. The molecule has 260 valence electrons. The SMILES string of the molecule is Cn1cc(CN2CCCC3(COCCN(c4ccccc4)C3)C2)cn1.O=C(O)C(F)(F)F.O=C(O)C(F)(F)F.O=C(O)C(F)(F)F. The van der Waals surface area contributed by atoms with Crippen molar-refractivity contribution in [1.82, 2.24) is 14.7 Å². The Bertz CT molecular complexity index is 1200. The number of anilines is 1. The van der Waals surface area contributed by atoms with Gasteiger partial charge in [0, 0.05) is 56.1 Å². The Labute approximate surface area is 255 Å². The van der Waals surface area contributed by atoms with Crippen molar-refractivity contribution in [3.8, 4) is 0 Å². The van der Waals surface area contributed by atoms with Gasteiger partial charge in [0.15, 0.2) is 0 Å². The highest BCUT2D eigenvalue weighted by molar-refractivity contribution is 5.73. The van der Waals surface area contributed by atoms with Gasteiger partial charge in [0.1, 0.15) is 0 Å². The van der Waals surface area contributed by atoms with Crippen LogP contribution in [0, 0.1) is 5.41 Å². The molecule has 2 saturated heterocycles. The molecule has 0 radical (unpaired) electrons. The lowest BCUT2D eigenvalue weighted by Gasteiger charge is -2.44. The minimum Gasteiger partial charge on any atom is -0.475 e. The molecule has 0 aliphatic carbocycles. The lowest BCUT2D eigenvalue weighted by Crippen LogP contribution is -2.50. The zero-order valence-corrected chi connectivity index (χ0v) is 24.1. The summed E-state index contributed by atoms with van der Waals surface area (Å²) < 4.78 is 103. The van der Waals surface area contributed by atoms with Crippen molar-refractivity contribution in [2.45, 2.75) is 37.9 Å². The second kappa shape index (κ2) is 17.0. The Morgan fingerprint density at radius 2 is 1.35 bits per heavy atom. The summed E-state index contributed by atoms with van der Waals surface area (Å²) in [7, 11) is 1.98. The van der Waals surface area contributed by atoms with Crippen LogP contribution in [-0.4, -0.2) is 106 Å². The number of carboxylic acids is 3. The Kier molecular flexibility index (Phi) is 14.8. The number of para-hydroxylation sites is 1. The third kappa shape index (κ3) is 14.8. The maximum Gasteiger partial charge on any atom is 0.490 e. The fourth-order valence-electron chi connectivity index (χ4n) is 4.36. The molecule has 46 heavy (non-hydrogen) atoms. The second-order valence-electron chi connectivity index (χ2n) is 10.1. The van der Waals surface area contributed by atoms with Crippen molar-refractivity contribution in [2.75, 3.05) is 44.3 Å². The molecule has 0 amide bonds.